The zero-order valence-electron chi connectivity index (χ0n) is 32.4. The second-order valence-corrected chi connectivity index (χ2v) is 17.5. The predicted molar refractivity (Wildman–Crippen MR) is 224 cm³/mol. The number of nitrogens with one attached hydrogen (secondary N) is 6. The molecular formula is C38H43Cl2F2N13O3S. The van der Waals surface area contributed by atoms with Gasteiger partial charge in [0.25, 0.3) is 0 Å². The van der Waals surface area contributed by atoms with Crippen molar-refractivity contribution in [1.29, 1.82) is 0 Å². The van der Waals surface area contributed by atoms with E-state index >= 15 is 0 Å². The van der Waals surface area contributed by atoms with Gasteiger partial charge in [0, 0.05) is 78.9 Å². The Morgan fingerprint density at radius 1 is 0.712 bits per heavy atom. The van der Waals surface area contributed by atoms with Crippen molar-refractivity contribution >= 4 is 73.0 Å². The summed E-state index contributed by atoms with van der Waals surface area (Å²) in [5, 5.41) is 11.7. The van der Waals surface area contributed by atoms with Crippen molar-refractivity contribution in [2.45, 2.75) is 75.5 Å². The average Bonchev–Trinajstić information content (AvgIpc) is 3.81. The summed E-state index contributed by atoms with van der Waals surface area (Å²) in [6, 6.07) is 2.51. The minimum atomic E-state index is -3.37. The maximum absolute atomic E-state index is 14.5. The van der Waals surface area contributed by atoms with Crippen LogP contribution in [0.2, 0.25) is 10.0 Å². The zero-order valence-corrected chi connectivity index (χ0v) is 34.7. The van der Waals surface area contributed by atoms with E-state index in [4.69, 9.17) is 23.2 Å². The van der Waals surface area contributed by atoms with Crippen LogP contribution >= 0.6 is 23.2 Å². The first-order valence-corrected chi connectivity index (χ1v) is 21.7. The first-order valence-electron chi connectivity index (χ1n) is 19.0. The summed E-state index contributed by atoms with van der Waals surface area (Å²) in [4.78, 5) is 45.1. The molecule has 6 aromatic rings. The molecule has 312 valence electrons. The van der Waals surface area contributed by atoms with Gasteiger partial charge >= 0.3 is 6.03 Å². The van der Waals surface area contributed by atoms with E-state index in [-0.39, 0.29) is 41.8 Å². The van der Waals surface area contributed by atoms with Gasteiger partial charge in [0.15, 0.2) is 34.9 Å². The highest BCUT2D eigenvalue weighted by atomic mass is 35.5. The van der Waals surface area contributed by atoms with Crippen molar-refractivity contribution in [2.75, 3.05) is 31.0 Å². The fourth-order valence-electron chi connectivity index (χ4n) is 7.36. The molecule has 4 atom stereocenters. The zero-order chi connectivity index (χ0) is 41.8. The lowest BCUT2D eigenvalue weighted by Crippen LogP contribution is -2.51. The van der Waals surface area contributed by atoms with E-state index in [0.29, 0.717) is 57.0 Å². The maximum Gasteiger partial charge on any atom is 0.317 e. The van der Waals surface area contributed by atoms with Crippen LogP contribution in [0.25, 0.3) is 44.8 Å². The Morgan fingerprint density at radius 2 is 1.15 bits per heavy atom. The normalized spacial score (nSPS) is 19.5. The highest BCUT2D eigenvalue weighted by Crippen LogP contribution is 2.31. The first-order chi connectivity index (χ1) is 28.2. The maximum atomic E-state index is 14.5. The van der Waals surface area contributed by atoms with Gasteiger partial charge in [0.2, 0.25) is 10.0 Å². The molecule has 2 aliphatic rings. The summed E-state index contributed by atoms with van der Waals surface area (Å²) in [7, 11) is 0.0163. The van der Waals surface area contributed by atoms with Crippen LogP contribution in [0.3, 0.4) is 0 Å². The van der Waals surface area contributed by atoms with Gasteiger partial charge in [0.1, 0.15) is 11.3 Å². The lowest BCUT2D eigenvalue weighted by atomic mass is 9.90. The van der Waals surface area contributed by atoms with Crippen molar-refractivity contribution < 1.29 is 22.0 Å². The molecule has 0 aromatic carbocycles. The number of H-pyrrole nitrogens is 2. The number of carbonyl (C=O) groups excluding carboxylic acids is 1. The number of hydrogen-bond acceptors (Lipinski definition) is 11. The highest BCUT2D eigenvalue weighted by molar-refractivity contribution is 7.88. The second kappa shape index (κ2) is 17.9. The van der Waals surface area contributed by atoms with Gasteiger partial charge in [-0.2, -0.15) is 0 Å². The van der Waals surface area contributed by atoms with E-state index in [2.05, 4.69) is 60.5 Å². The fraction of sp³-hybridized carbons (Fsp3) is 0.395. The van der Waals surface area contributed by atoms with Crippen molar-refractivity contribution in [3.05, 3.63) is 71.0 Å². The van der Waals surface area contributed by atoms with Crippen LogP contribution in [-0.4, -0.2) is 104 Å². The molecule has 0 spiro atoms. The third-order valence-electron chi connectivity index (χ3n) is 10.2. The molecule has 16 nitrogen and oxygen atoms in total. The van der Waals surface area contributed by atoms with Crippen molar-refractivity contribution in [2.24, 2.45) is 0 Å². The molecular weight excluding hydrogens is 827 g/mol. The molecule has 59 heavy (non-hydrogen) atoms. The van der Waals surface area contributed by atoms with Gasteiger partial charge < -0.3 is 30.8 Å². The number of rotatable bonds is 9. The third-order valence-corrected chi connectivity index (χ3v) is 11.4. The van der Waals surface area contributed by atoms with Crippen molar-refractivity contribution in [1.82, 2.24) is 54.8 Å². The lowest BCUT2D eigenvalue weighted by Gasteiger charge is -2.33. The van der Waals surface area contributed by atoms with Crippen LogP contribution < -0.4 is 20.7 Å². The number of aromatic nitrogens is 8. The highest BCUT2D eigenvalue weighted by Gasteiger charge is 2.30. The van der Waals surface area contributed by atoms with Crippen molar-refractivity contribution in [3.63, 3.8) is 0 Å². The summed E-state index contributed by atoms with van der Waals surface area (Å²) in [6.07, 6.45) is 16.7. The molecule has 8 rings (SSSR count). The Hall–Kier alpha value is -5.24. The minimum absolute atomic E-state index is 0.0338. The molecule has 2 fully saturated rings. The number of nitrogens with zero attached hydrogens (tertiary/aromatic N) is 7. The summed E-state index contributed by atoms with van der Waals surface area (Å²) in [5.41, 5.74) is 2.60. The SMILES string of the molecule is CN(C)C(=O)N[C@H]1CCCCC1Nc1nc(-c2c[nH]c3ncc(Cl)cc23)ncc1F.CS(=O)(=O)N[C@H]1CCCCC1Nc1nc(-c2c[nH]c3ncc(Cl)cc23)ncc1F. The molecule has 2 saturated carbocycles. The van der Waals surface area contributed by atoms with E-state index in [1.807, 2.05) is 0 Å². The van der Waals surface area contributed by atoms with E-state index in [1.165, 1.54) is 11.1 Å². The predicted octanol–water partition coefficient (Wildman–Crippen LogP) is 6.89. The van der Waals surface area contributed by atoms with E-state index in [1.54, 1.807) is 44.8 Å². The van der Waals surface area contributed by atoms with Crippen LogP contribution in [0.4, 0.5) is 25.2 Å². The molecule has 6 heterocycles. The number of carbonyl (C=O) groups is 1. The first kappa shape index (κ1) is 41.9. The van der Waals surface area contributed by atoms with Gasteiger partial charge in [0.05, 0.1) is 34.7 Å². The largest absolute Gasteiger partial charge is 0.363 e. The van der Waals surface area contributed by atoms with Gasteiger partial charge in [-0.1, -0.05) is 48.9 Å². The van der Waals surface area contributed by atoms with E-state index in [9.17, 15) is 22.0 Å². The minimum Gasteiger partial charge on any atom is -0.363 e. The van der Waals surface area contributed by atoms with Gasteiger partial charge in [-0.05, 0) is 37.8 Å². The quantitative estimate of drug-likeness (QED) is 0.0881. The number of anilines is 2. The standard InChI is InChI=1S/C20H23ClFN7O.C18H20ClFN6O2S/c1-29(2)20(30)27-16-6-4-3-5-15(16)26-19-14(22)10-25-18(28-19)13-9-24-17-12(13)7-11(21)8-23-17;1-29(27,28)26-15-5-3-2-4-14(15)24-18-13(20)9-23-17(25-18)12-8-22-16-11(12)6-10(19)7-21-16/h7-10,15-16H,3-6H2,1-2H3,(H,23,24)(H,27,30)(H,25,26,28);6-9,14-15,26H,2-5H2,1H3,(H,21,22)(H,23,24,25)/t15?,16-;14?,15-/m00/s1. The molecule has 2 unspecified atom stereocenters. The Labute approximate surface area is 348 Å². The number of urea groups is 1. The monoisotopic (exact) mass is 869 g/mol. The number of hydrogen-bond donors (Lipinski definition) is 6. The van der Waals surface area contributed by atoms with Crippen LogP contribution in [0.1, 0.15) is 51.4 Å². The lowest BCUT2D eigenvalue weighted by molar-refractivity contribution is 0.207. The Balaban J connectivity index is 0.000000179. The Bertz CT molecular complexity index is 2580. The van der Waals surface area contributed by atoms with Gasteiger partial charge in [-0.15, -0.1) is 0 Å². The summed E-state index contributed by atoms with van der Waals surface area (Å²) < 4.78 is 55.0. The van der Waals surface area contributed by atoms with Gasteiger partial charge in [-0.3, -0.25) is 0 Å². The summed E-state index contributed by atoms with van der Waals surface area (Å²) in [5.74, 6) is -0.329. The summed E-state index contributed by atoms with van der Waals surface area (Å²) in [6.45, 7) is 0. The molecule has 0 aliphatic heterocycles. The Morgan fingerprint density at radius 3 is 1.61 bits per heavy atom. The number of amides is 2. The number of pyridine rings is 2. The number of aromatic amines is 2. The molecule has 6 N–H and O–H groups in total. The van der Waals surface area contributed by atoms with E-state index in [0.717, 1.165) is 67.9 Å². The average molecular weight is 871 g/mol. The van der Waals surface area contributed by atoms with E-state index < -0.39 is 21.7 Å². The summed E-state index contributed by atoms with van der Waals surface area (Å²) >= 11 is 12.1. The fourth-order valence-corrected chi connectivity index (χ4v) is 8.50. The van der Waals surface area contributed by atoms with Crippen LogP contribution in [0.15, 0.2) is 49.3 Å². The smallest absolute Gasteiger partial charge is 0.317 e. The molecule has 0 radical (unpaired) electrons. The molecule has 6 aromatic heterocycles. The van der Waals surface area contributed by atoms with Crippen LogP contribution in [0.5, 0.6) is 0 Å². The molecule has 0 bridgehead atoms. The third kappa shape index (κ3) is 10.1. The van der Waals surface area contributed by atoms with Gasteiger partial charge in [-0.25, -0.2) is 56.6 Å². The molecule has 2 aliphatic carbocycles. The van der Waals surface area contributed by atoms with Crippen LogP contribution in [-0.2, 0) is 10.0 Å². The topological polar surface area (TPSA) is 211 Å². The Kier molecular flexibility index (Phi) is 12.7. The molecule has 21 heteroatoms. The van der Waals surface area contributed by atoms with Crippen LogP contribution in [0, 0.1) is 11.6 Å². The molecule has 2 amide bonds. The number of halogens is 4. The van der Waals surface area contributed by atoms with Crippen molar-refractivity contribution in [3.8, 4) is 22.8 Å². The molecule has 0 saturated heterocycles. The number of sulfonamides is 1. The second-order valence-electron chi connectivity index (χ2n) is 14.8. The number of fused-ring (bicyclic) bond motifs is 2.